The third kappa shape index (κ3) is 3.01. The summed E-state index contributed by atoms with van der Waals surface area (Å²) in [4.78, 5) is 11.5. The zero-order valence-electron chi connectivity index (χ0n) is 12.3. The topological polar surface area (TPSA) is 29.0 Å². The van der Waals surface area contributed by atoms with E-state index >= 15 is 0 Å². The Labute approximate surface area is 111 Å². The van der Waals surface area contributed by atoms with E-state index < -0.39 is 0 Å². The van der Waals surface area contributed by atoms with Gasteiger partial charge in [-0.05, 0) is 18.3 Å². The molecule has 18 heavy (non-hydrogen) atoms. The van der Waals surface area contributed by atoms with Gasteiger partial charge in [-0.3, -0.25) is 4.98 Å². The number of hydrogen-bond acceptors (Lipinski definition) is 3. The van der Waals surface area contributed by atoms with E-state index in [2.05, 4.69) is 49.5 Å². The molecule has 0 aromatic carbocycles. The summed E-state index contributed by atoms with van der Waals surface area (Å²) in [6.07, 6.45) is 5.19. The highest BCUT2D eigenvalue weighted by Crippen LogP contribution is 2.25. The number of nitrogens with zero attached hydrogens (tertiary/aromatic N) is 3. The summed E-state index contributed by atoms with van der Waals surface area (Å²) < 4.78 is 0. The van der Waals surface area contributed by atoms with Gasteiger partial charge in [0.1, 0.15) is 5.82 Å². The van der Waals surface area contributed by atoms with Gasteiger partial charge in [0.2, 0.25) is 0 Å². The maximum Gasteiger partial charge on any atom is 0.147 e. The van der Waals surface area contributed by atoms with Gasteiger partial charge >= 0.3 is 0 Å². The lowest BCUT2D eigenvalue weighted by atomic mass is 9.91. The van der Waals surface area contributed by atoms with Crippen molar-refractivity contribution in [3.8, 4) is 0 Å². The van der Waals surface area contributed by atoms with Crippen molar-refractivity contribution < 1.29 is 0 Å². The fourth-order valence-corrected chi connectivity index (χ4v) is 2.72. The lowest BCUT2D eigenvalue weighted by Gasteiger charge is -2.35. The Balaban J connectivity index is 2.14. The molecule has 0 N–H and O–H groups in total. The van der Waals surface area contributed by atoms with Gasteiger partial charge in [-0.25, -0.2) is 4.98 Å². The third-order valence-corrected chi connectivity index (χ3v) is 3.60. The molecule has 1 aliphatic rings. The van der Waals surface area contributed by atoms with Crippen LogP contribution in [0.5, 0.6) is 0 Å². The van der Waals surface area contributed by atoms with E-state index in [0.29, 0.717) is 0 Å². The maximum absolute atomic E-state index is 4.60. The van der Waals surface area contributed by atoms with Crippen LogP contribution >= 0.6 is 0 Å². The van der Waals surface area contributed by atoms with Gasteiger partial charge in [-0.2, -0.15) is 0 Å². The Morgan fingerprint density at radius 3 is 2.11 bits per heavy atom. The zero-order valence-corrected chi connectivity index (χ0v) is 12.3. The monoisotopic (exact) mass is 247 g/mol. The number of rotatable bonds is 1. The summed E-state index contributed by atoms with van der Waals surface area (Å²) in [6, 6.07) is 0. The van der Waals surface area contributed by atoms with Crippen LogP contribution in [0.25, 0.3) is 0 Å². The summed E-state index contributed by atoms with van der Waals surface area (Å²) >= 11 is 0. The molecule has 0 amide bonds. The minimum Gasteiger partial charge on any atom is -0.355 e. The number of anilines is 1. The minimum atomic E-state index is 0.0774. The Hall–Kier alpha value is -1.12. The summed E-state index contributed by atoms with van der Waals surface area (Å²) in [7, 11) is 0. The van der Waals surface area contributed by atoms with E-state index in [1.54, 1.807) is 0 Å². The number of piperidine rings is 1. The minimum absolute atomic E-state index is 0.0774. The predicted octanol–water partition coefficient (Wildman–Crippen LogP) is 3.26. The fraction of sp³-hybridized carbons (Fsp3) is 0.733. The van der Waals surface area contributed by atoms with E-state index in [9.17, 15) is 0 Å². The second-order valence-electron chi connectivity index (χ2n) is 6.86. The van der Waals surface area contributed by atoms with Gasteiger partial charge in [0.25, 0.3) is 0 Å². The average molecular weight is 247 g/mol. The van der Waals surface area contributed by atoms with Crippen molar-refractivity contribution in [3.63, 3.8) is 0 Å². The fourth-order valence-electron chi connectivity index (χ4n) is 2.72. The Morgan fingerprint density at radius 2 is 1.67 bits per heavy atom. The maximum atomic E-state index is 4.60. The lowest BCUT2D eigenvalue weighted by molar-refractivity contribution is 0.355. The average Bonchev–Trinajstić information content (AvgIpc) is 2.27. The van der Waals surface area contributed by atoms with Gasteiger partial charge < -0.3 is 4.90 Å². The molecule has 1 aromatic rings. The molecule has 3 heteroatoms. The second-order valence-corrected chi connectivity index (χ2v) is 6.86. The molecule has 0 spiro atoms. The quantitative estimate of drug-likeness (QED) is 0.762. The second kappa shape index (κ2) is 4.87. The first-order chi connectivity index (χ1) is 8.36. The van der Waals surface area contributed by atoms with Crippen LogP contribution in [0.15, 0.2) is 12.4 Å². The zero-order chi connectivity index (χ0) is 13.3. The first kappa shape index (κ1) is 13.3. The van der Waals surface area contributed by atoms with E-state index in [1.807, 2.05) is 12.4 Å². The number of aromatic nitrogens is 2. The molecule has 0 saturated carbocycles. The Morgan fingerprint density at radius 1 is 1.06 bits per heavy atom. The standard InChI is InChI=1S/C15H25N3/c1-11-6-12(2)10-18(9-11)14-8-16-13(7-17-14)15(3,4)5/h7-8,11-12H,6,9-10H2,1-5H3/t11-,12+. The molecule has 1 saturated heterocycles. The lowest BCUT2D eigenvalue weighted by Crippen LogP contribution is -2.39. The van der Waals surface area contributed by atoms with Crippen molar-refractivity contribution in [2.24, 2.45) is 11.8 Å². The molecule has 2 heterocycles. The van der Waals surface area contributed by atoms with Crippen molar-refractivity contribution in [1.82, 2.24) is 9.97 Å². The van der Waals surface area contributed by atoms with Crippen LogP contribution in [0.1, 0.15) is 46.7 Å². The molecule has 0 bridgehead atoms. The molecule has 2 atom stereocenters. The molecule has 0 aliphatic carbocycles. The van der Waals surface area contributed by atoms with E-state index in [4.69, 9.17) is 0 Å². The Kier molecular flexibility index (Phi) is 3.60. The van der Waals surface area contributed by atoms with E-state index in [1.165, 1.54) is 6.42 Å². The summed E-state index contributed by atoms with van der Waals surface area (Å²) in [5.41, 5.74) is 1.14. The van der Waals surface area contributed by atoms with Crippen LogP contribution in [-0.2, 0) is 5.41 Å². The van der Waals surface area contributed by atoms with E-state index in [0.717, 1.165) is 36.4 Å². The summed E-state index contributed by atoms with van der Waals surface area (Å²) in [5.74, 6) is 2.53. The highest BCUT2D eigenvalue weighted by molar-refractivity contribution is 5.37. The SMILES string of the molecule is C[C@@H]1C[C@H](C)CN(c2cnc(C(C)(C)C)cn2)C1. The van der Waals surface area contributed by atoms with Crippen molar-refractivity contribution >= 4 is 5.82 Å². The Bertz CT molecular complexity index is 381. The van der Waals surface area contributed by atoms with Crippen LogP contribution in [0.3, 0.4) is 0 Å². The predicted molar refractivity (Wildman–Crippen MR) is 75.9 cm³/mol. The van der Waals surface area contributed by atoms with E-state index in [-0.39, 0.29) is 5.41 Å². The van der Waals surface area contributed by atoms with Crippen molar-refractivity contribution in [1.29, 1.82) is 0 Å². The molecule has 3 nitrogen and oxygen atoms in total. The number of hydrogen-bond donors (Lipinski definition) is 0. The highest BCUT2D eigenvalue weighted by atomic mass is 15.2. The van der Waals surface area contributed by atoms with Crippen LogP contribution < -0.4 is 4.90 Å². The molecule has 2 rings (SSSR count). The molecule has 0 unspecified atom stereocenters. The van der Waals surface area contributed by atoms with Gasteiger partial charge in [-0.1, -0.05) is 34.6 Å². The first-order valence-corrected chi connectivity index (χ1v) is 6.93. The molecule has 1 aromatic heterocycles. The molecule has 0 radical (unpaired) electrons. The largest absolute Gasteiger partial charge is 0.355 e. The van der Waals surface area contributed by atoms with Crippen LogP contribution in [-0.4, -0.2) is 23.1 Å². The third-order valence-electron chi connectivity index (χ3n) is 3.60. The van der Waals surface area contributed by atoms with Crippen molar-refractivity contribution in [2.45, 2.75) is 46.5 Å². The molecular weight excluding hydrogens is 222 g/mol. The van der Waals surface area contributed by atoms with Gasteiger partial charge in [-0.15, -0.1) is 0 Å². The smallest absolute Gasteiger partial charge is 0.147 e. The highest BCUT2D eigenvalue weighted by Gasteiger charge is 2.23. The van der Waals surface area contributed by atoms with Gasteiger partial charge in [0.15, 0.2) is 0 Å². The van der Waals surface area contributed by atoms with Gasteiger partial charge in [0.05, 0.1) is 18.1 Å². The van der Waals surface area contributed by atoms with Crippen molar-refractivity contribution in [2.75, 3.05) is 18.0 Å². The molecule has 1 fully saturated rings. The van der Waals surface area contributed by atoms with Crippen molar-refractivity contribution in [3.05, 3.63) is 18.1 Å². The van der Waals surface area contributed by atoms with Crippen LogP contribution in [0.4, 0.5) is 5.82 Å². The molecular formula is C15H25N3. The van der Waals surface area contributed by atoms with Crippen LogP contribution in [0.2, 0.25) is 0 Å². The first-order valence-electron chi connectivity index (χ1n) is 6.93. The molecule has 100 valence electrons. The van der Waals surface area contributed by atoms with Gasteiger partial charge in [0, 0.05) is 18.5 Å². The summed E-state index contributed by atoms with van der Waals surface area (Å²) in [6.45, 7) is 13.4. The molecule has 1 aliphatic heterocycles. The van der Waals surface area contributed by atoms with Crippen LogP contribution in [0, 0.1) is 11.8 Å². The summed E-state index contributed by atoms with van der Waals surface area (Å²) in [5, 5.41) is 0. The normalized spacial score (nSPS) is 25.3.